The van der Waals surface area contributed by atoms with E-state index in [2.05, 4.69) is 50.8 Å². The highest BCUT2D eigenvalue weighted by atomic mass is 28.3. The maximum atomic E-state index is 11.8. The number of hydrogen-bond acceptors (Lipinski definition) is 1. The number of aryl methyl sites for hydroxylation is 1. The first-order chi connectivity index (χ1) is 8.84. The van der Waals surface area contributed by atoms with Crippen molar-refractivity contribution in [1.82, 2.24) is 0 Å². The molecule has 1 aliphatic rings. The predicted octanol–water partition coefficient (Wildman–Crippen LogP) is 3.86. The van der Waals surface area contributed by atoms with Crippen LogP contribution in [0, 0.1) is 5.92 Å². The highest BCUT2D eigenvalue weighted by Crippen LogP contribution is 2.50. The summed E-state index contributed by atoms with van der Waals surface area (Å²) in [6.07, 6.45) is 2.61. The molecular weight excluding hydrogens is 252 g/mol. The molecule has 0 aromatic heterocycles. The van der Waals surface area contributed by atoms with Crippen molar-refractivity contribution >= 4 is 14.0 Å². The number of carboxylic acid groups (broad SMARTS) is 1. The van der Waals surface area contributed by atoms with Crippen molar-refractivity contribution in [1.29, 1.82) is 0 Å². The smallest absolute Gasteiger partial charge is 0.307 e. The maximum Gasteiger partial charge on any atom is 0.307 e. The van der Waals surface area contributed by atoms with Crippen LogP contribution in [0.25, 0.3) is 0 Å². The molecule has 3 heteroatoms. The molecule has 0 saturated heterocycles. The van der Waals surface area contributed by atoms with Gasteiger partial charge >= 0.3 is 5.97 Å². The largest absolute Gasteiger partial charge is 0.481 e. The molecule has 0 saturated carbocycles. The third-order valence-electron chi connectivity index (χ3n) is 4.99. The zero-order chi connectivity index (χ0) is 14.3. The first-order valence-corrected chi connectivity index (χ1v) is 10.7. The molecular formula is C16H24O2Si. The summed E-state index contributed by atoms with van der Waals surface area (Å²) in [7, 11) is -1.66. The molecule has 0 amide bonds. The van der Waals surface area contributed by atoms with Crippen LogP contribution < -0.4 is 0 Å². The van der Waals surface area contributed by atoms with Crippen LogP contribution in [0.3, 0.4) is 0 Å². The van der Waals surface area contributed by atoms with Crippen LogP contribution in [0.4, 0.5) is 0 Å². The van der Waals surface area contributed by atoms with E-state index in [4.69, 9.17) is 0 Å². The molecule has 0 fully saturated rings. The fraction of sp³-hybridized carbons (Fsp3) is 0.562. The quantitative estimate of drug-likeness (QED) is 0.851. The molecule has 1 aromatic rings. The molecule has 2 nitrogen and oxygen atoms in total. The first-order valence-electron chi connectivity index (χ1n) is 7.15. The fourth-order valence-corrected chi connectivity index (χ4v) is 7.56. The topological polar surface area (TPSA) is 37.3 Å². The van der Waals surface area contributed by atoms with Crippen LogP contribution in [0.2, 0.25) is 19.6 Å². The monoisotopic (exact) mass is 276 g/mol. The molecule has 0 spiro atoms. The standard InChI is InChI=1S/C16H24O2Si/c1-5-16(19(2,3)4)13-9-7-6-8-12(13)10-11-14(16)15(17)18/h6-9,14H,5,10-11H2,1-4H3,(H,17,18). The van der Waals surface area contributed by atoms with Gasteiger partial charge < -0.3 is 5.11 Å². The lowest BCUT2D eigenvalue weighted by Gasteiger charge is -2.51. The Morgan fingerprint density at radius 1 is 1.37 bits per heavy atom. The van der Waals surface area contributed by atoms with E-state index in [0.717, 1.165) is 19.3 Å². The lowest BCUT2D eigenvalue weighted by molar-refractivity contribution is -0.144. The lowest BCUT2D eigenvalue weighted by atomic mass is 9.72. The Kier molecular flexibility index (Phi) is 3.60. The molecule has 2 rings (SSSR count). The minimum atomic E-state index is -1.66. The molecule has 1 aromatic carbocycles. The second-order valence-corrected chi connectivity index (χ2v) is 12.1. The van der Waals surface area contributed by atoms with Crippen molar-refractivity contribution in [3.05, 3.63) is 35.4 Å². The Labute approximate surface area is 116 Å². The minimum Gasteiger partial charge on any atom is -0.481 e. The highest BCUT2D eigenvalue weighted by molar-refractivity contribution is 6.79. The van der Waals surface area contributed by atoms with Crippen LogP contribution in [0.15, 0.2) is 24.3 Å². The van der Waals surface area contributed by atoms with E-state index in [9.17, 15) is 9.90 Å². The molecule has 2 atom stereocenters. The second kappa shape index (κ2) is 4.78. The van der Waals surface area contributed by atoms with Crippen molar-refractivity contribution in [2.45, 2.75) is 50.9 Å². The first kappa shape index (κ1) is 14.3. The molecule has 0 aliphatic heterocycles. The van der Waals surface area contributed by atoms with Crippen LogP contribution in [0.1, 0.15) is 30.9 Å². The van der Waals surface area contributed by atoms with Gasteiger partial charge in [0, 0.05) is 5.04 Å². The maximum absolute atomic E-state index is 11.8. The number of rotatable bonds is 3. The number of carboxylic acids is 1. The van der Waals surface area contributed by atoms with E-state index in [0.29, 0.717) is 0 Å². The van der Waals surface area contributed by atoms with Gasteiger partial charge in [-0.2, -0.15) is 0 Å². The summed E-state index contributed by atoms with van der Waals surface area (Å²) < 4.78 is 0. The SMILES string of the molecule is CCC1([Si](C)(C)C)c2ccccc2CCC1C(=O)O. The Morgan fingerprint density at radius 2 is 2.00 bits per heavy atom. The Balaban J connectivity index is 2.71. The average Bonchev–Trinajstić information content (AvgIpc) is 2.35. The van der Waals surface area contributed by atoms with Crippen molar-refractivity contribution in [2.24, 2.45) is 5.92 Å². The summed E-state index contributed by atoms with van der Waals surface area (Å²) in [4.78, 5) is 11.8. The normalized spacial score (nSPS) is 26.8. The average molecular weight is 276 g/mol. The van der Waals surface area contributed by atoms with Crippen molar-refractivity contribution in [3.63, 3.8) is 0 Å². The molecule has 104 valence electrons. The summed E-state index contributed by atoms with van der Waals surface area (Å²) in [5.41, 5.74) is 2.68. The Bertz CT molecular complexity index is 490. The van der Waals surface area contributed by atoms with Gasteiger partial charge in [-0.25, -0.2) is 0 Å². The van der Waals surface area contributed by atoms with E-state index in [1.165, 1.54) is 11.1 Å². The molecule has 2 unspecified atom stereocenters. The molecule has 0 heterocycles. The summed E-state index contributed by atoms with van der Waals surface area (Å²) in [5, 5.41) is 9.58. The van der Waals surface area contributed by atoms with Gasteiger partial charge in [-0.05, 0) is 30.4 Å². The highest BCUT2D eigenvalue weighted by Gasteiger charge is 2.54. The zero-order valence-electron chi connectivity index (χ0n) is 12.4. The number of benzene rings is 1. The van der Waals surface area contributed by atoms with Crippen LogP contribution in [0.5, 0.6) is 0 Å². The van der Waals surface area contributed by atoms with Crippen molar-refractivity contribution in [3.8, 4) is 0 Å². The van der Waals surface area contributed by atoms with E-state index >= 15 is 0 Å². The van der Waals surface area contributed by atoms with Gasteiger partial charge in [0.25, 0.3) is 0 Å². The Morgan fingerprint density at radius 3 is 2.53 bits per heavy atom. The van der Waals surface area contributed by atoms with Gasteiger partial charge in [0.05, 0.1) is 14.0 Å². The van der Waals surface area contributed by atoms with Gasteiger partial charge in [0.2, 0.25) is 0 Å². The molecule has 1 aliphatic carbocycles. The van der Waals surface area contributed by atoms with E-state index < -0.39 is 14.0 Å². The molecule has 0 bridgehead atoms. The third kappa shape index (κ3) is 2.04. The van der Waals surface area contributed by atoms with E-state index in [1.54, 1.807) is 0 Å². The minimum absolute atomic E-state index is 0.131. The van der Waals surface area contributed by atoms with Gasteiger partial charge in [-0.15, -0.1) is 0 Å². The van der Waals surface area contributed by atoms with Gasteiger partial charge in [-0.3, -0.25) is 4.79 Å². The summed E-state index contributed by atoms with van der Waals surface area (Å²) in [5.74, 6) is -0.835. The fourth-order valence-electron chi connectivity index (χ4n) is 4.14. The van der Waals surface area contributed by atoms with Crippen LogP contribution in [-0.4, -0.2) is 19.1 Å². The van der Waals surface area contributed by atoms with Gasteiger partial charge in [-0.1, -0.05) is 50.8 Å². The second-order valence-electron chi connectivity index (χ2n) is 6.66. The van der Waals surface area contributed by atoms with Crippen LogP contribution in [-0.2, 0) is 16.3 Å². The number of carbonyl (C=O) groups is 1. The summed E-state index contributed by atoms with van der Waals surface area (Å²) >= 11 is 0. The lowest BCUT2D eigenvalue weighted by Crippen LogP contribution is -2.58. The predicted molar refractivity (Wildman–Crippen MR) is 81.2 cm³/mol. The van der Waals surface area contributed by atoms with Crippen molar-refractivity contribution < 1.29 is 9.90 Å². The summed E-state index contributed by atoms with van der Waals surface area (Å²) in [6, 6.07) is 8.49. The van der Waals surface area contributed by atoms with E-state index in [-0.39, 0.29) is 11.0 Å². The summed E-state index contributed by atoms with van der Waals surface area (Å²) in [6.45, 7) is 9.11. The molecule has 19 heavy (non-hydrogen) atoms. The number of hydrogen-bond donors (Lipinski definition) is 1. The van der Waals surface area contributed by atoms with Gasteiger partial charge in [0.15, 0.2) is 0 Å². The van der Waals surface area contributed by atoms with Crippen LogP contribution >= 0.6 is 0 Å². The third-order valence-corrected chi connectivity index (χ3v) is 8.64. The molecule has 1 N–H and O–H groups in total. The zero-order valence-corrected chi connectivity index (χ0v) is 13.4. The molecule has 0 radical (unpaired) electrons. The van der Waals surface area contributed by atoms with Crippen molar-refractivity contribution in [2.75, 3.05) is 0 Å². The van der Waals surface area contributed by atoms with Gasteiger partial charge in [0.1, 0.15) is 0 Å². The Hall–Kier alpha value is -1.09. The number of aliphatic carboxylic acids is 1. The van der Waals surface area contributed by atoms with E-state index in [1.807, 2.05) is 0 Å². The number of fused-ring (bicyclic) bond motifs is 1.